The smallest absolute Gasteiger partial charge is 0.253 e. The number of hydrogen-bond donors (Lipinski definition) is 2. The van der Waals surface area contributed by atoms with Gasteiger partial charge in [0.25, 0.3) is 5.91 Å². The van der Waals surface area contributed by atoms with E-state index in [1.54, 1.807) is 42.5 Å². The summed E-state index contributed by atoms with van der Waals surface area (Å²) in [4.78, 5) is 36.8. The molecule has 2 aromatic carbocycles. The first kappa shape index (κ1) is 13.2. The molecule has 0 radical (unpaired) electrons. The molecule has 0 saturated carbocycles. The molecule has 2 aromatic rings. The largest absolute Gasteiger partial charge is 0.321 e. The van der Waals surface area contributed by atoms with Gasteiger partial charge in [-0.1, -0.05) is 42.5 Å². The fourth-order valence-electron chi connectivity index (χ4n) is 2.36. The van der Waals surface area contributed by atoms with E-state index in [0.29, 0.717) is 5.56 Å². The molecule has 3 N–H and O–H groups in total. The summed E-state index contributed by atoms with van der Waals surface area (Å²) >= 11 is 0. The van der Waals surface area contributed by atoms with E-state index in [1.807, 2.05) is 0 Å². The molecule has 5 nitrogen and oxygen atoms in total. The van der Waals surface area contributed by atoms with Crippen LogP contribution in [0.3, 0.4) is 0 Å². The summed E-state index contributed by atoms with van der Waals surface area (Å²) in [6.45, 7) is 0. The number of rotatable bonds is 2. The van der Waals surface area contributed by atoms with E-state index < -0.39 is 23.1 Å². The molecule has 3 rings (SSSR count). The van der Waals surface area contributed by atoms with Gasteiger partial charge >= 0.3 is 0 Å². The maximum atomic E-state index is 12.3. The van der Waals surface area contributed by atoms with E-state index in [4.69, 9.17) is 5.73 Å². The molecule has 104 valence electrons. The van der Waals surface area contributed by atoms with Gasteiger partial charge in [0.1, 0.15) is 0 Å². The lowest BCUT2D eigenvalue weighted by Crippen LogP contribution is -2.63. The van der Waals surface area contributed by atoms with Gasteiger partial charge in [-0.05, 0) is 12.1 Å². The second-order valence-corrected chi connectivity index (χ2v) is 4.83. The van der Waals surface area contributed by atoms with Gasteiger partial charge in [-0.2, -0.15) is 0 Å². The van der Waals surface area contributed by atoms with Crippen molar-refractivity contribution < 1.29 is 14.4 Å². The number of ketones is 2. The molecule has 1 amide bonds. The van der Waals surface area contributed by atoms with Crippen LogP contribution >= 0.6 is 0 Å². The highest BCUT2D eigenvalue weighted by Crippen LogP contribution is 2.26. The Labute approximate surface area is 120 Å². The average molecular weight is 280 g/mol. The Bertz CT molecular complexity index is 718. The third kappa shape index (κ3) is 1.95. The van der Waals surface area contributed by atoms with Crippen LogP contribution in [-0.4, -0.2) is 23.1 Å². The number of carbonyl (C=O) groups excluding carboxylic acids is 3. The predicted octanol–water partition coefficient (Wildman–Crippen LogP) is 1.15. The number of hydrogen-bond acceptors (Lipinski definition) is 4. The Kier molecular flexibility index (Phi) is 2.92. The summed E-state index contributed by atoms with van der Waals surface area (Å²) in [6, 6.07) is 14.6. The first-order valence-corrected chi connectivity index (χ1v) is 6.39. The van der Waals surface area contributed by atoms with Crippen molar-refractivity contribution in [3.63, 3.8) is 0 Å². The lowest BCUT2D eigenvalue weighted by atomic mass is 10.0. The highest BCUT2D eigenvalue weighted by atomic mass is 16.2. The van der Waals surface area contributed by atoms with Crippen LogP contribution in [0.15, 0.2) is 54.6 Å². The topological polar surface area (TPSA) is 89.3 Å². The number of Topliss-reactive ketones (excluding diaryl/α,β-unsaturated/α-hetero) is 2. The first-order valence-electron chi connectivity index (χ1n) is 6.39. The summed E-state index contributed by atoms with van der Waals surface area (Å²) in [5.41, 5.74) is 4.67. The third-order valence-corrected chi connectivity index (χ3v) is 3.48. The van der Waals surface area contributed by atoms with Gasteiger partial charge in [0.05, 0.1) is 0 Å². The van der Waals surface area contributed by atoms with Gasteiger partial charge in [0, 0.05) is 16.7 Å². The summed E-state index contributed by atoms with van der Waals surface area (Å²) < 4.78 is 0. The van der Waals surface area contributed by atoms with Crippen molar-refractivity contribution in [2.45, 2.75) is 5.66 Å². The van der Waals surface area contributed by atoms with Crippen molar-refractivity contribution in [2.75, 3.05) is 0 Å². The van der Waals surface area contributed by atoms with E-state index in [2.05, 4.69) is 5.32 Å². The molecule has 0 saturated heterocycles. The number of amides is 1. The molecular formula is C16H12N2O3. The second-order valence-electron chi connectivity index (χ2n) is 4.83. The molecular weight excluding hydrogens is 268 g/mol. The fraction of sp³-hybridized carbons (Fsp3) is 0.0625. The van der Waals surface area contributed by atoms with E-state index >= 15 is 0 Å². The van der Waals surface area contributed by atoms with Gasteiger partial charge in [0.15, 0.2) is 0 Å². The number of benzene rings is 2. The molecule has 0 unspecified atom stereocenters. The number of nitrogens with two attached hydrogens (primary N) is 1. The van der Waals surface area contributed by atoms with Crippen LogP contribution in [-0.2, 0) is 0 Å². The van der Waals surface area contributed by atoms with Crippen LogP contribution in [0.5, 0.6) is 0 Å². The molecule has 0 heterocycles. The molecule has 0 fully saturated rings. The fourth-order valence-corrected chi connectivity index (χ4v) is 2.36. The van der Waals surface area contributed by atoms with Crippen molar-refractivity contribution in [3.8, 4) is 0 Å². The highest BCUT2D eigenvalue weighted by Gasteiger charge is 2.51. The lowest BCUT2D eigenvalue weighted by Gasteiger charge is -2.21. The molecule has 1 aliphatic rings. The normalized spacial score (nSPS) is 15.7. The van der Waals surface area contributed by atoms with E-state index in [9.17, 15) is 14.4 Å². The van der Waals surface area contributed by atoms with Gasteiger partial charge in [-0.3, -0.25) is 20.1 Å². The van der Waals surface area contributed by atoms with Crippen LogP contribution in [0.1, 0.15) is 31.1 Å². The summed E-state index contributed by atoms with van der Waals surface area (Å²) in [5, 5.41) is 2.36. The standard InChI is InChI=1S/C16H12N2O3/c17-16(18-15(21)10-6-2-1-3-7-10)13(19)11-8-4-5-9-12(11)14(16)20/h1-9H,17H2,(H,18,21). The maximum Gasteiger partial charge on any atom is 0.253 e. The van der Waals surface area contributed by atoms with Crippen molar-refractivity contribution >= 4 is 17.5 Å². The summed E-state index contributed by atoms with van der Waals surface area (Å²) in [7, 11) is 0. The van der Waals surface area contributed by atoms with Crippen LogP contribution in [0.4, 0.5) is 0 Å². The Morgan fingerprint density at radius 1 is 0.857 bits per heavy atom. The first-order chi connectivity index (χ1) is 10.0. The monoisotopic (exact) mass is 280 g/mol. The molecule has 0 atom stereocenters. The quantitative estimate of drug-likeness (QED) is 0.638. The van der Waals surface area contributed by atoms with Crippen molar-refractivity contribution in [1.29, 1.82) is 0 Å². The minimum atomic E-state index is -2.03. The lowest BCUT2D eigenvalue weighted by molar-refractivity contribution is 0.0704. The SMILES string of the molecule is NC1(NC(=O)c2ccccc2)C(=O)c2ccccc2C1=O. The number of carbonyl (C=O) groups is 3. The minimum absolute atomic E-state index is 0.235. The van der Waals surface area contributed by atoms with E-state index in [0.717, 1.165) is 0 Å². The zero-order valence-corrected chi connectivity index (χ0v) is 11.0. The zero-order valence-electron chi connectivity index (χ0n) is 11.0. The maximum absolute atomic E-state index is 12.3. The van der Waals surface area contributed by atoms with E-state index in [-0.39, 0.29) is 11.1 Å². The minimum Gasteiger partial charge on any atom is -0.321 e. The van der Waals surface area contributed by atoms with Gasteiger partial charge in [-0.25, -0.2) is 0 Å². The zero-order chi connectivity index (χ0) is 15.0. The predicted molar refractivity (Wildman–Crippen MR) is 75.9 cm³/mol. The molecule has 0 aromatic heterocycles. The van der Waals surface area contributed by atoms with Crippen molar-refractivity contribution in [1.82, 2.24) is 5.32 Å². The molecule has 0 bridgehead atoms. The molecule has 5 heteroatoms. The Hall–Kier alpha value is -2.79. The highest BCUT2D eigenvalue weighted by molar-refractivity contribution is 6.33. The second kappa shape index (κ2) is 4.64. The third-order valence-electron chi connectivity index (χ3n) is 3.48. The van der Waals surface area contributed by atoms with Gasteiger partial charge in [0.2, 0.25) is 17.2 Å². The molecule has 1 aliphatic carbocycles. The molecule has 0 spiro atoms. The van der Waals surface area contributed by atoms with E-state index in [1.165, 1.54) is 12.1 Å². The van der Waals surface area contributed by atoms with Crippen molar-refractivity contribution in [3.05, 3.63) is 71.3 Å². The Morgan fingerprint density at radius 3 is 1.86 bits per heavy atom. The Balaban J connectivity index is 1.95. The van der Waals surface area contributed by atoms with Crippen LogP contribution < -0.4 is 11.1 Å². The average Bonchev–Trinajstić information content (AvgIpc) is 2.71. The Morgan fingerprint density at radius 2 is 1.33 bits per heavy atom. The molecule has 0 aliphatic heterocycles. The van der Waals surface area contributed by atoms with Crippen LogP contribution in [0, 0.1) is 0 Å². The number of fused-ring (bicyclic) bond motifs is 1. The van der Waals surface area contributed by atoms with Gasteiger partial charge < -0.3 is 5.32 Å². The number of nitrogens with one attached hydrogen (secondary N) is 1. The van der Waals surface area contributed by atoms with Crippen molar-refractivity contribution in [2.24, 2.45) is 5.73 Å². The summed E-state index contributed by atoms with van der Waals surface area (Å²) in [5.74, 6) is -1.74. The van der Waals surface area contributed by atoms with Crippen LogP contribution in [0.25, 0.3) is 0 Å². The molecule has 21 heavy (non-hydrogen) atoms. The van der Waals surface area contributed by atoms with Gasteiger partial charge in [-0.15, -0.1) is 0 Å². The summed E-state index contributed by atoms with van der Waals surface area (Å²) in [6.07, 6.45) is 0. The van der Waals surface area contributed by atoms with Crippen LogP contribution in [0.2, 0.25) is 0 Å².